The fourth-order valence-electron chi connectivity index (χ4n) is 1.35. The lowest BCUT2D eigenvalue weighted by atomic mass is 10.1. The monoisotopic (exact) mass is 256 g/mol. The van der Waals surface area contributed by atoms with Crippen LogP contribution in [-0.2, 0) is 0 Å². The Labute approximate surface area is 104 Å². The Morgan fingerprint density at radius 1 is 1.53 bits per heavy atom. The molecule has 92 valence electrons. The molecule has 1 rings (SSSR count). The van der Waals surface area contributed by atoms with Crippen LogP contribution in [0.2, 0.25) is 0 Å². The van der Waals surface area contributed by atoms with E-state index in [2.05, 4.69) is 5.32 Å². The highest BCUT2D eigenvalue weighted by Gasteiger charge is 2.14. The molecule has 1 atom stereocenters. The van der Waals surface area contributed by atoms with E-state index < -0.39 is 4.92 Å². The highest BCUT2D eigenvalue weighted by molar-refractivity contribution is 6.18. The van der Waals surface area contributed by atoms with Crippen molar-refractivity contribution in [2.75, 3.05) is 5.88 Å². The second kappa shape index (κ2) is 5.63. The summed E-state index contributed by atoms with van der Waals surface area (Å²) in [7, 11) is 0. The summed E-state index contributed by atoms with van der Waals surface area (Å²) in [5.41, 5.74) is 0.852. The van der Waals surface area contributed by atoms with Gasteiger partial charge in [0.2, 0.25) is 0 Å². The molecule has 1 unspecified atom stereocenters. The zero-order valence-electron chi connectivity index (χ0n) is 9.57. The van der Waals surface area contributed by atoms with Crippen molar-refractivity contribution in [2.45, 2.75) is 19.9 Å². The minimum absolute atomic E-state index is 0.0892. The fourth-order valence-corrected chi connectivity index (χ4v) is 1.42. The van der Waals surface area contributed by atoms with Crippen molar-refractivity contribution >= 4 is 23.2 Å². The third-order valence-corrected chi connectivity index (χ3v) is 2.61. The maximum Gasteiger partial charge on any atom is 0.270 e. The molecule has 0 aliphatic carbocycles. The molecular formula is C11H13ClN2O3. The van der Waals surface area contributed by atoms with Crippen LogP contribution in [0, 0.1) is 17.0 Å². The van der Waals surface area contributed by atoms with Crippen molar-refractivity contribution in [3.05, 3.63) is 39.4 Å². The van der Waals surface area contributed by atoms with Crippen molar-refractivity contribution in [1.29, 1.82) is 0 Å². The van der Waals surface area contributed by atoms with E-state index in [1.807, 2.05) is 0 Å². The lowest BCUT2D eigenvalue weighted by molar-refractivity contribution is -0.384. The Bertz CT molecular complexity index is 448. The largest absolute Gasteiger partial charge is 0.348 e. The van der Waals surface area contributed by atoms with Crippen LogP contribution in [0.4, 0.5) is 5.69 Å². The number of benzene rings is 1. The second-order valence-electron chi connectivity index (χ2n) is 3.84. The third-order valence-electron chi connectivity index (χ3n) is 2.14. The standard InChI is InChI=1S/C11H13ClN2O3/c1-7-3-9(5-10(4-7)14(16)17)11(15)13-8(2)6-12/h3-5,8H,6H2,1-2H3,(H,13,15). The van der Waals surface area contributed by atoms with Crippen molar-refractivity contribution in [3.8, 4) is 0 Å². The van der Waals surface area contributed by atoms with Gasteiger partial charge < -0.3 is 5.32 Å². The van der Waals surface area contributed by atoms with Crippen LogP contribution in [-0.4, -0.2) is 22.8 Å². The van der Waals surface area contributed by atoms with Gasteiger partial charge in [0.25, 0.3) is 11.6 Å². The normalized spacial score (nSPS) is 11.9. The number of carbonyl (C=O) groups excluding carboxylic acids is 1. The summed E-state index contributed by atoms with van der Waals surface area (Å²) in [6, 6.07) is 4.10. The summed E-state index contributed by atoms with van der Waals surface area (Å²) >= 11 is 5.57. The van der Waals surface area contributed by atoms with Crippen molar-refractivity contribution in [2.24, 2.45) is 0 Å². The van der Waals surface area contributed by atoms with Gasteiger partial charge in [0, 0.05) is 29.6 Å². The Kier molecular flexibility index (Phi) is 4.45. The summed E-state index contributed by atoms with van der Waals surface area (Å²) in [6.45, 7) is 3.46. The van der Waals surface area contributed by atoms with Gasteiger partial charge in [-0.3, -0.25) is 14.9 Å². The first-order chi connectivity index (χ1) is 7.93. The summed E-state index contributed by atoms with van der Waals surface area (Å²) in [6.07, 6.45) is 0. The van der Waals surface area contributed by atoms with Crippen LogP contribution in [0.5, 0.6) is 0 Å². The van der Waals surface area contributed by atoms with Gasteiger partial charge in [-0.25, -0.2) is 0 Å². The van der Waals surface area contributed by atoms with Crippen LogP contribution in [0.1, 0.15) is 22.8 Å². The Morgan fingerprint density at radius 2 is 2.18 bits per heavy atom. The summed E-state index contributed by atoms with van der Waals surface area (Å²) in [4.78, 5) is 21.9. The molecule has 0 bridgehead atoms. The maximum atomic E-state index is 11.7. The lowest BCUT2D eigenvalue weighted by Crippen LogP contribution is -2.33. The predicted octanol–water partition coefficient (Wildman–Crippen LogP) is 2.26. The molecule has 1 aromatic carbocycles. The smallest absolute Gasteiger partial charge is 0.270 e. The van der Waals surface area contributed by atoms with E-state index in [-0.39, 0.29) is 23.2 Å². The predicted molar refractivity (Wildman–Crippen MR) is 65.5 cm³/mol. The van der Waals surface area contributed by atoms with Gasteiger partial charge in [-0.1, -0.05) is 0 Å². The van der Waals surface area contributed by atoms with Crippen LogP contribution >= 0.6 is 11.6 Å². The SMILES string of the molecule is Cc1cc(C(=O)NC(C)CCl)cc([N+](=O)[O-])c1. The van der Waals surface area contributed by atoms with Crippen molar-refractivity contribution in [3.63, 3.8) is 0 Å². The quantitative estimate of drug-likeness (QED) is 0.510. The van der Waals surface area contributed by atoms with E-state index in [4.69, 9.17) is 11.6 Å². The molecule has 0 heterocycles. The molecule has 0 saturated heterocycles. The zero-order chi connectivity index (χ0) is 13.0. The third kappa shape index (κ3) is 3.71. The lowest BCUT2D eigenvalue weighted by Gasteiger charge is -2.10. The molecule has 0 saturated carbocycles. The van der Waals surface area contributed by atoms with Gasteiger partial charge in [-0.05, 0) is 25.5 Å². The average molecular weight is 257 g/mol. The first-order valence-corrected chi connectivity index (χ1v) is 5.60. The molecule has 1 amide bonds. The number of nitrogens with one attached hydrogen (secondary N) is 1. The van der Waals surface area contributed by atoms with E-state index in [1.54, 1.807) is 19.9 Å². The number of carbonyl (C=O) groups is 1. The topological polar surface area (TPSA) is 72.2 Å². The van der Waals surface area contributed by atoms with E-state index in [1.165, 1.54) is 12.1 Å². The number of hydrogen-bond donors (Lipinski definition) is 1. The van der Waals surface area contributed by atoms with E-state index in [0.29, 0.717) is 11.4 Å². The summed E-state index contributed by atoms with van der Waals surface area (Å²) in [5.74, 6) is -0.0652. The molecule has 0 spiro atoms. The molecule has 0 fully saturated rings. The second-order valence-corrected chi connectivity index (χ2v) is 4.15. The number of rotatable bonds is 4. The number of nitro groups is 1. The van der Waals surface area contributed by atoms with Crippen molar-refractivity contribution in [1.82, 2.24) is 5.32 Å². The molecule has 6 heteroatoms. The minimum atomic E-state index is -0.519. The molecule has 1 N–H and O–H groups in total. The number of halogens is 1. The highest BCUT2D eigenvalue weighted by atomic mass is 35.5. The van der Waals surface area contributed by atoms with E-state index >= 15 is 0 Å². The Hall–Kier alpha value is -1.62. The van der Waals surface area contributed by atoms with Crippen LogP contribution in [0.3, 0.4) is 0 Å². The van der Waals surface area contributed by atoms with Gasteiger partial charge in [0.05, 0.1) is 4.92 Å². The Morgan fingerprint density at radius 3 is 2.71 bits per heavy atom. The molecular weight excluding hydrogens is 244 g/mol. The molecule has 17 heavy (non-hydrogen) atoms. The van der Waals surface area contributed by atoms with Crippen molar-refractivity contribution < 1.29 is 9.72 Å². The molecule has 0 aliphatic rings. The number of aryl methyl sites for hydroxylation is 1. The first kappa shape index (κ1) is 13.4. The van der Waals surface area contributed by atoms with Crippen LogP contribution < -0.4 is 5.32 Å². The molecule has 0 aliphatic heterocycles. The van der Waals surface area contributed by atoms with Gasteiger partial charge in [0.1, 0.15) is 0 Å². The number of amides is 1. The highest BCUT2D eigenvalue weighted by Crippen LogP contribution is 2.16. The summed E-state index contributed by atoms with van der Waals surface area (Å²) < 4.78 is 0. The molecule has 0 aromatic heterocycles. The van der Waals surface area contributed by atoms with E-state index in [0.717, 1.165) is 0 Å². The maximum absolute atomic E-state index is 11.7. The number of hydrogen-bond acceptors (Lipinski definition) is 3. The van der Waals surface area contributed by atoms with Gasteiger partial charge >= 0.3 is 0 Å². The minimum Gasteiger partial charge on any atom is -0.348 e. The molecule has 5 nitrogen and oxygen atoms in total. The fraction of sp³-hybridized carbons (Fsp3) is 0.364. The number of alkyl halides is 1. The Balaban J connectivity index is 2.97. The van der Waals surface area contributed by atoms with Crippen LogP contribution in [0.15, 0.2) is 18.2 Å². The first-order valence-electron chi connectivity index (χ1n) is 5.07. The van der Waals surface area contributed by atoms with Crippen LogP contribution in [0.25, 0.3) is 0 Å². The van der Waals surface area contributed by atoms with E-state index in [9.17, 15) is 14.9 Å². The van der Waals surface area contributed by atoms with Gasteiger partial charge in [-0.2, -0.15) is 0 Å². The van der Waals surface area contributed by atoms with Gasteiger partial charge in [-0.15, -0.1) is 11.6 Å². The number of nitrogens with zero attached hydrogens (tertiary/aromatic N) is 1. The average Bonchev–Trinajstić information content (AvgIpc) is 2.27. The number of non-ortho nitro benzene ring substituents is 1. The van der Waals surface area contributed by atoms with Gasteiger partial charge in [0.15, 0.2) is 0 Å². The molecule has 0 radical (unpaired) electrons. The summed E-state index contributed by atoms with van der Waals surface area (Å²) in [5, 5.41) is 13.3. The molecule has 1 aromatic rings. The zero-order valence-corrected chi connectivity index (χ0v) is 10.3. The number of nitro benzene ring substituents is 1.